The molecule has 0 spiro atoms. The van der Waals surface area contributed by atoms with Gasteiger partial charge in [-0.25, -0.2) is 4.68 Å². The van der Waals surface area contributed by atoms with Crippen LogP contribution in [0.4, 0.5) is 11.6 Å². The highest BCUT2D eigenvalue weighted by atomic mass is 16.5. The topological polar surface area (TPSA) is 94.0 Å². The summed E-state index contributed by atoms with van der Waals surface area (Å²) in [6.45, 7) is 1.87. The van der Waals surface area contributed by atoms with E-state index in [-0.39, 0.29) is 5.91 Å². The van der Waals surface area contributed by atoms with Crippen LogP contribution >= 0.6 is 0 Å². The van der Waals surface area contributed by atoms with Crippen LogP contribution in [0, 0.1) is 0 Å². The molecule has 0 bridgehead atoms. The smallest absolute Gasteiger partial charge is 0.255 e. The van der Waals surface area contributed by atoms with Gasteiger partial charge in [0.05, 0.1) is 18.4 Å². The third-order valence-corrected chi connectivity index (χ3v) is 5.51. The van der Waals surface area contributed by atoms with Crippen LogP contribution in [0.1, 0.15) is 18.5 Å². The summed E-state index contributed by atoms with van der Waals surface area (Å²) >= 11 is 0. The van der Waals surface area contributed by atoms with Crippen molar-refractivity contribution in [3.05, 3.63) is 96.0 Å². The Morgan fingerprint density at radius 2 is 1.76 bits per heavy atom. The number of aromatic nitrogens is 4. The van der Waals surface area contributed by atoms with Crippen molar-refractivity contribution >= 4 is 17.5 Å². The molecule has 0 aliphatic carbocycles. The summed E-state index contributed by atoms with van der Waals surface area (Å²) in [7, 11) is 1.58. The standard InChI is InChI=1S/C25H22N6O2/c1-16-21(24(32)28-19-10-6-7-11-20(19)33-2)22(17-8-4-3-5-9-17)31-25(27-16)29-23(30-31)18-12-14-26-15-13-18/h3-15,22H,1-2H3,(H,28,32)(H,27,29,30). The Morgan fingerprint density at radius 3 is 2.52 bits per heavy atom. The fourth-order valence-electron chi connectivity index (χ4n) is 3.95. The minimum atomic E-state index is -0.458. The maximum absolute atomic E-state index is 13.6. The Bertz CT molecular complexity index is 1330. The predicted octanol–water partition coefficient (Wildman–Crippen LogP) is 4.28. The largest absolute Gasteiger partial charge is 0.495 e. The van der Waals surface area contributed by atoms with E-state index < -0.39 is 6.04 Å². The number of hydrogen-bond acceptors (Lipinski definition) is 6. The van der Waals surface area contributed by atoms with Crippen LogP contribution in [0.2, 0.25) is 0 Å². The van der Waals surface area contributed by atoms with Gasteiger partial charge in [0.25, 0.3) is 5.91 Å². The van der Waals surface area contributed by atoms with E-state index in [2.05, 4.69) is 20.6 Å². The molecule has 2 N–H and O–H groups in total. The lowest BCUT2D eigenvalue weighted by molar-refractivity contribution is -0.113. The quantitative estimate of drug-likeness (QED) is 0.483. The summed E-state index contributed by atoms with van der Waals surface area (Å²) < 4.78 is 7.16. The fraction of sp³-hybridized carbons (Fsp3) is 0.120. The molecular weight excluding hydrogens is 416 g/mol. The van der Waals surface area contributed by atoms with Gasteiger partial charge in [0.1, 0.15) is 11.8 Å². The van der Waals surface area contributed by atoms with Crippen molar-refractivity contribution < 1.29 is 9.53 Å². The second-order valence-electron chi connectivity index (χ2n) is 7.57. The van der Waals surface area contributed by atoms with Crippen LogP contribution in [-0.4, -0.2) is 32.8 Å². The number of amides is 1. The Kier molecular flexibility index (Phi) is 5.32. The number of hydrogen-bond donors (Lipinski definition) is 2. The van der Waals surface area contributed by atoms with Crippen molar-refractivity contribution in [2.24, 2.45) is 0 Å². The average molecular weight is 438 g/mol. The summed E-state index contributed by atoms with van der Waals surface area (Å²) in [5.74, 6) is 1.47. The zero-order valence-electron chi connectivity index (χ0n) is 18.2. The molecule has 5 rings (SSSR count). The Labute approximate surface area is 191 Å². The lowest BCUT2D eigenvalue weighted by atomic mass is 9.95. The van der Waals surface area contributed by atoms with Crippen molar-refractivity contribution in [2.75, 3.05) is 17.7 Å². The number of fused-ring (bicyclic) bond motifs is 1. The number of nitrogens with zero attached hydrogens (tertiary/aromatic N) is 4. The molecule has 0 fully saturated rings. The molecule has 0 saturated heterocycles. The lowest BCUT2D eigenvalue weighted by Gasteiger charge is -2.28. The number of anilines is 2. The molecule has 4 aromatic rings. The van der Waals surface area contributed by atoms with Crippen LogP contribution in [0.3, 0.4) is 0 Å². The van der Waals surface area contributed by atoms with Gasteiger partial charge < -0.3 is 15.4 Å². The van der Waals surface area contributed by atoms with Gasteiger partial charge in [-0.05, 0) is 36.8 Å². The van der Waals surface area contributed by atoms with E-state index in [0.717, 1.165) is 11.1 Å². The zero-order valence-corrected chi connectivity index (χ0v) is 18.2. The third-order valence-electron chi connectivity index (χ3n) is 5.51. The first-order valence-electron chi connectivity index (χ1n) is 10.5. The Balaban J connectivity index is 1.59. The van der Waals surface area contributed by atoms with Crippen molar-refractivity contribution in [1.29, 1.82) is 0 Å². The van der Waals surface area contributed by atoms with Crippen molar-refractivity contribution in [3.8, 4) is 17.1 Å². The maximum atomic E-state index is 13.6. The normalized spacial score (nSPS) is 14.9. The summed E-state index contributed by atoms with van der Waals surface area (Å²) in [4.78, 5) is 22.3. The minimum absolute atomic E-state index is 0.245. The van der Waals surface area contributed by atoms with E-state index in [4.69, 9.17) is 9.84 Å². The first-order valence-corrected chi connectivity index (χ1v) is 10.5. The monoisotopic (exact) mass is 438 g/mol. The molecule has 33 heavy (non-hydrogen) atoms. The molecule has 1 amide bonds. The fourth-order valence-corrected chi connectivity index (χ4v) is 3.95. The number of rotatable bonds is 5. The number of para-hydroxylation sites is 2. The van der Waals surface area contributed by atoms with Gasteiger partial charge in [-0.2, -0.15) is 4.98 Å². The second kappa shape index (κ2) is 8.58. The molecule has 1 aliphatic heterocycles. The highest BCUT2D eigenvalue weighted by molar-refractivity contribution is 6.06. The second-order valence-corrected chi connectivity index (χ2v) is 7.57. The lowest BCUT2D eigenvalue weighted by Crippen LogP contribution is -2.31. The Morgan fingerprint density at radius 1 is 1.03 bits per heavy atom. The SMILES string of the molecule is COc1ccccc1NC(=O)C1=C(C)Nc2nc(-c3ccncc3)nn2C1c1ccccc1. The predicted molar refractivity (Wildman–Crippen MR) is 126 cm³/mol. The van der Waals surface area contributed by atoms with Crippen molar-refractivity contribution in [3.63, 3.8) is 0 Å². The summed E-state index contributed by atoms with van der Waals surface area (Å²) in [5.41, 5.74) is 3.62. The number of pyridine rings is 1. The molecule has 2 aromatic heterocycles. The molecule has 1 unspecified atom stereocenters. The first-order chi connectivity index (χ1) is 16.2. The number of carbonyl (C=O) groups excluding carboxylic acids is 1. The molecular formula is C25H22N6O2. The van der Waals surface area contributed by atoms with Crippen molar-refractivity contribution in [2.45, 2.75) is 13.0 Å². The molecule has 3 heterocycles. The molecule has 1 aliphatic rings. The van der Waals surface area contributed by atoms with Crippen LogP contribution in [-0.2, 0) is 4.79 Å². The van der Waals surface area contributed by atoms with E-state index in [0.29, 0.717) is 34.5 Å². The molecule has 0 radical (unpaired) electrons. The van der Waals surface area contributed by atoms with Gasteiger partial charge in [0.15, 0.2) is 5.82 Å². The van der Waals surface area contributed by atoms with E-state index in [1.165, 1.54) is 0 Å². The maximum Gasteiger partial charge on any atom is 0.255 e. The molecule has 2 aromatic carbocycles. The van der Waals surface area contributed by atoms with Crippen LogP contribution in [0.15, 0.2) is 90.4 Å². The van der Waals surface area contributed by atoms with Gasteiger partial charge in [0, 0.05) is 23.7 Å². The number of nitrogens with one attached hydrogen (secondary N) is 2. The average Bonchev–Trinajstić information content (AvgIpc) is 3.28. The zero-order chi connectivity index (χ0) is 22.8. The Hall–Kier alpha value is -4.46. The number of carbonyl (C=O) groups is 1. The van der Waals surface area contributed by atoms with E-state index in [1.807, 2.05) is 67.6 Å². The minimum Gasteiger partial charge on any atom is -0.495 e. The van der Waals surface area contributed by atoms with Gasteiger partial charge in [-0.1, -0.05) is 42.5 Å². The summed E-state index contributed by atoms with van der Waals surface area (Å²) in [6.07, 6.45) is 3.40. The molecule has 164 valence electrons. The van der Waals surface area contributed by atoms with Gasteiger partial charge in [0.2, 0.25) is 5.95 Å². The first kappa shape index (κ1) is 20.4. The molecule has 0 saturated carbocycles. The van der Waals surface area contributed by atoms with Gasteiger partial charge >= 0.3 is 0 Å². The number of benzene rings is 2. The highest BCUT2D eigenvalue weighted by Gasteiger charge is 2.34. The van der Waals surface area contributed by atoms with E-state index in [9.17, 15) is 4.79 Å². The molecule has 8 nitrogen and oxygen atoms in total. The van der Waals surface area contributed by atoms with Crippen LogP contribution in [0.5, 0.6) is 5.75 Å². The van der Waals surface area contributed by atoms with Gasteiger partial charge in [-0.3, -0.25) is 9.78 Å². The van der Waals surface area contributed by atoms with E-state index >= 15 is 0 Å². The molecule has 1 atom stereocenters. The van der Waals surface area contributed by atoms with Gasteiger partial charge in [-0.15, -0.1) is 5.10 Å². The van der Waals surface area contributed by atoms with Crippen LogP contribution < -0.4 is 15.4 Å². The summed E-state index contributed by atoms with van der Waals surface area (Å²) in [6, 6.07) is 20.4. The summed E-state index contributed by atoms with van der Waals surface area (Å²) in [5, 5.41) is 11.0. The molecule has 8 heteroatoms. The highest BCUT2D eigenvalue weighted by Crippen LogP contribution is 2.37. The van der Waals surface area contributed by atoms with Crippen molar-refractivity contribution in [1.82, 2.24) is 19.7 Å². The van der Waals surface area contributed by atoms with E-state index in [1.54, 1.807) is 30.3 Å². The number of allylic oxidation sites excluding steroid dienone is 1. The number of methoxy groups -OCH3 is 1. The third kappa shape index (κ3) is 3.82. The van der Waals surface area contributed by atoms with Crippen LogP contribution in [0.25, 0.3) is 11.4 Å². The number of ether oxygens (including phenoxy) is 1.